The summed E-state index contributed by atoms with van der Waals surface area (Å²) in [6.45, 7) is 2.86. The van der Waals surface area contributed by atoms with E-state index >= 15 is 0 Å². The summed E-state index contributed by atoms with van der Waals surface area (Å²) in [7, 11) is 0. The van der Waals surface area contributed by atoms with Crippen molar-refractivity contribution < 1.29 is 4.74 Å². The van der Waals surface area contributed by atoms with Crippen LogP contribution in [0.2, 0.25) is 0 Å². The number of benzene rings is 2. The van der Waals surface area contributed by atoms with Gasteiger partial charge in [-0.1, -0.05) is 60.7 Å². The summed E-state index contributed by atoms with van der Waals surface area (Å²) in [5.41, 5.74) is 2.04. The lowest BCUT2D eigenvalue weighted by Gasteiger charge is -2.29. The lowest BCUT2D eigenvalue weighted by molar-refractivity contribution is -0.00635. The van der Waals surface area contributed by atoms with Crippen molar-refractivity contribution in [2.24, 2.45) is 0 Å². The second-order valence-electron chi connectivity index (χ2n) is 4.70. The van der Waals surface area contributed by atoms with E-state index in [0.29, 0.717) is 0 Å². The number of hydrogen-bond acceptors (Lipinski definition) is 2. The molecule has 2 aromatic rings. The summed E-state index contributed by atoms with van der Waals surface area (Å²) in [4.78, 5) is 0. The smallest absolute Gasteiger partial charge is 0.133 e. The van der Waals surface area contributed by atoms with Gasteiger partial charge in [0.25, 0.3) is 0 Å². The van der Waals surface area contributed by atoms with E-state index in [0.717, 1.165) is 6.54 Å². The second kappa shape index (κ2) is 4.56. The third-order valence-corrected chi connectivity index (χ3v) is 3.50. The van der Waals surface area contributed by atoms with Gasteiger partial charge in [0.1, 0.15) is 11.8 Å². The Labute approximate surface area is 108 Å². The molecule has 3 rings (SSSR count). The van der Waals surface area contributed by atoms with Crippen molar-refractivity contribution >= 4 is 0 Å². The van der Waals surface area contributed by atoms with Gasteiger partial charge >= 0.3 is 0 Å². The third kappa shape index (κ3) is 1.84. The molecule has 1 fully saturated rings. The number of rotatable bonds is 2. The maximum absolute atomic E-state index is 6.21. The zero-order valence-electron chi connectivity index (χ0n) is 10.5. The Bertz CT molecular complexity index is 470. The summed E-state index contributed by atoms with van der Waals surface area (Å²) in [5.74, 6) is 0. The highest BCUT2D eigenvalue weighted by atomic mass is 16.5. The van der Waals surface area contributed by atoms with Crippen LogP contribution in [0.1, 0.15) is 18.1 Å². The zero-order valence-corrected chi connectivity index (χ0v) is 10.5. The molecule has 1 atom stereocenters. The molecule has 1 unspecified atom stereocenters. The molecule has 1 aliphatic rings. The number of ether oxygens (including phenoxy) is 1. The predicted octanol–water partition coefficient (Wildman–Crippen LogP) is 2.90. The Hall–Kier alpha value is -1.64. The molecule has 92 valence electrons. The van der Waals surface area contributed by atoms with Crippen molar-refractivity contribution in [3.8, 4) is 0 Å². The van der Waals surface area contributed by atoms with Gasteiger partial charge in [0.05, 0.1) is 0 Å². The quantitative estimate of drug-likeness (QED) is 0.870. The molecule has 1 aliphatic heterocycles. The van der Waals surface area contributed by atoms with Crippen LogP contribution in [0, 0.1) is 0 Å². The minimum Gasteiger partial charge on any atom is -0.346 e. The molecule has 2 heteroatoms. The topological polar surface area (TPSA) is 21.3 Å². The van der Waals surface area contributed by atoms with Gasteiger partial charge in [-0.05, 0) is 18.1 Å². The van der Waals surface area contributed by atoms with Gasteiger partial charge in [-0.15, -0.1) is 0 Å². The van der Waals surface area contributed by atoms with E-state index < -0.39 is 0 Å². The highest BCUT2D eigenvalue weighted by Gasteiger charge is 2.41. The van der Waals surface area contributed by atoms with E-state index in [2.05, 4.69) is 53.8 Å². The molecule has 0 saturated carbocycles. The molecule has 0 radical (unpaired) electrons. The molecule has 0 amide bonds. The van der Waals surface area contributed by atoms with Crippen molar-refractivity contribution in [1.29, 1.82) is 0 Å². The van der Waals surface area contributed by atoms with Crippen LogP contribution in [0.25, 0.3) is 0 Å². The summed E-state index contributed by atoms with van der Waals surface area (Å²) < 4.78 is 6.21. The Morgan fingerprint density at radius 1 is 0.944 bits per heavy atom. The maximum atomic E-state index is 6.21. The SMILES string of the molecule is CC1NCC(c2ccccc2)(c2ccccc2)O1. The van der Waals surface area contributed by atoms with Crippen LogP contribution >= 0.6 is 0 Å². The Morgan fingerprint density at radius 3 is 1.83 bits per heavy atom. The van der Waals surface area contributed by atoms with Gasteiger partial charge in [0.2, 0.25) is 0 Å². The van der Waals surface area contributed by atoms with Crippen LogP contribution in [0.3, 0.4) is 0 Å². The van der Waals surface area contributed by atoms with E-state index in [1.807, 2.05) is 19.1 Å². The first-order valence-corrected chi connectivity index (χ1v) is 6.33. The monoisotopic (exact) mass is 239 g/mol. The lowest BCUT2D eigenvalue weighted by Crippen LogP contribution is -2.31. The van der Waals surface area contributed by atoms with Crippen molar-refractivity contribution in [3.63, 3.8) is 0 Å². The first-order chi connectivity index (χ1) is 8.81. The van der Waals surface area contributed by atoms with Crippen LogP contribution in [0.5, 0.6) is 0 Å². The van der Waals surface area contributed by atoms with E-state index in [4.69, 9.17) is 4.74 Å². The molecule has 2 aromatic carbocycles. The molecule has 1 heterocycles. The molecule has 0 bridgehead atoms. The summed E-state index contributed by atoms with van der Waals surface area (Å²) in [6, 6.07) is 20.8. The van der Waals surface area contributed by atoms with Crippen LogP contribution in [0.15, 0.2) is 60.7 Å². The Morgan fingerprint density at radius 2 is 1.44 bits per heavy atom. The summed E-state index contributed by atoms with van der Waals surface area (Å²) in [5, 5.41) is 3.39. The number of hydrogen-bond donors (Lipinski definition) is 1. The molecular formula is C16H17NO. The van der Waals surface area contributed by atoms with Crippen LogP contribution in [-0.4, -0.2) is 12.8 Å². The highest BCUT2D eigenvalue weighted by molar-refractivity contribution is 5.38. The molecule has 0 aromatic heterocycles. The summed E-state index contributed by atoms with van der Waals surface area (Å²) >= 11 is 0. The van der Waals surface area contributed by atoms with Crippen molar-refractivity contribution in [3.05, 3.63) is 71.8 Å². The fourth-order valence-corrected chi connectivity index (χ4v) is 2.59. The first-order valence-electron chi connectivity index (χ1n) is 6.33. The van der Waals surface area contributed by atoms with Gasteiger partial charge in [0, 0.05) is 6.54 Å². The lowest BCUT2D eigenvalue weighted by atomic mass is 9.86. The van der Waals surface area contributed by atoms with Crippen molar-refractivity contribution in [2.75, 3.05) is 6.54 Å². The molecule has 2 nitrogen and oxygen atoms in total. The normalized spacial score (nSPS) is 21.9. The molecule has 0 spiro atoms. The standard InChI is InChI=1S/C16H17NO/c1-13-17-12-16(18-13,14-8-4-2-5-9-14)15-10-6-3-7-11-15/h2-11,13,17H,12H2,1H3. The molecule has 1 N–H and O–H groups in total. The molecule has 18 heavy (non-hydrogen) atoms. The average Bonchev–Trinajstić information content (AvgIpc) is 2.84. The predicted molar refractivity (Wildman–Crippen MR) is 72.2 cm³/mol. The molecule has 1 saturated heterocycles. The van der Waals surface area contributed by atoms with E-state index in [9.17, 15) is 0 Å². The van der Waals surface area contributed by atoms with Crippen LogP contribution < -0.4 is 5.32 Å². The van der Waals surface area contributed by atoms with Gasteiger partial charge in [0.15, 0.2) is 0 Å². The van der Waals surface area contributed by atoms with Crippen molar-refractivity contribution in [1.82, 2.24) is 5.32 Å². The fraction of sp³-hybridized carbons (Fsp3) is 0.250. The largest absolute Gasteiger partial charge is 0.346 e. The minimum atomic E-state index is -0.359. The zero-order chi connectivity index (χ0) is 12.4. The first kappa shape index (κ1) is 11.5. The average molecular weight is 239 g/mol. The number of nitrogens with one attached hydrogen (secondary N) is 1. The van der Waals surface area contributed by atoms with Crippen LogP contribution in [-0.2, 0) is 10.3 Å². The van der Waals surface area contributed by atoms with Gasteiger partial charge in [-0.25, -0.2) is 0 Å². The summed E-state index contributed by atoms with van der Waals surface area (Å²) in [6.07, 6.45) is 0.0745. The minimum absolute atomic E-state index is 0.0745. The fourth-order valence-electron chi connectivity index (χ4n) is 2.59. The van der Waals surface area contributed by atoms with Gasteiger partial charge in [-0.2, -0.15) is 0 Å². The third-order valence-electron chi connectivity index (χ3n) is 3.50. The Kier molecular flexibility index (Phi) is 2.90. The van der Waals surface area contributed by atoms with Crippen LogP contribution in [0.4, 0.5) is 0 Å². The second-order valence-corrected chi connectivity index (χ2v) is 4.70. The van der Waals surface area contributed by atoms with E-state index in [-0.39, 0.29) is 11.8 Å². The molecule has 0 aliphatic carbocycles. The highest BCUT2D eigenvalue weighted by Crippen LogP contribution is 2.37. The van der Waals surface area contributed by atoms with Crippen molar-refractivity contribution in [2.45, 2.75) is 18.8 Å². The maximum Gasteiger partial charge on any atom is 0.133 e. The molecular weight excluding hydrogens is 222 g/mol. The van der Waals surface area contributed by atoms with E-state index in [1.54, 1.807) is 0 Å². The Balaban J connectivity index is 2.11. The van der Waals surface area contributed by atoms with E-state index in [1.165, 1.54) is 11.1 Å². The van der Waals surface area contributed by atoms with Gasteiger partial charge < -0.3 is 4.74 Å². The van der Waals surface area contributed by atoms with Gasteiger partial charge in [-0.3, -0.25) is 5.32 Å².